The Morgan fingerprint density at radius 2 is 1.89 bits per heavy atom. The van der Waals surface area contributed by atoms with Gasteiger partial charge < -0.3 is 5.32 Å². The van der Waals surface area contributed by atoms with E-state index in [0.717, 1.165) is 20.3 Å². The van der Waals surface area contributed by atoms with E-state index in [9.17, 15) is 18.0 Å². The fourth-order valence-corrected chi connectivity index (χ4v) is 5.26. The Balaban J connectivity index is 1.89. The van der Waals surface area contributed by atoms with Gasteiger partial charge in [0.25, 0.3) is 10.0 Å². The molecule has 1 aliphatic rings. The summed E-state index contributed by atoms with van der Waals surface area (Å²) in [5.74, 6) is -1.06. The number of carbonyl (C=O) groups excluding carboxylic acids is 2. The van der Waals surface area contributed by atoms with Gasteiger partial charge in [-0.1, -0.05) is 12.1 Å². The molecule has 2 amide bonds. The van der Waals surface area contributed by atoms with Crippen LogP contribution in [0.5, 0.6) is 0 Å². The van der Waals surface area contributed by atoms with Crippen LogP contribution in [0.1, 0.15) is 24.0 Å². The Hall–Kier alpha value is -2.32. The molecule has 1 fully saturated rings. The highest BCUT2D eigenvalue weighted by atomic mass is 32.2. The van der Waals surface area contributed by atoms with E-state index in [1.807, 2.05) is 38.3 Å². The Labute approximate surface area is 169 Å². The Morgan fingerprint density at radius 1 is 1.14 bits per heavy atom. The average molecular weight is 419 g/mol. The Kier molecular flexibility index (Phi) is 5.81. The van der Waals surface area contributed by atoms with Crippen molar-refractivity contribution in [3.8, 4) is 0 Å². The molecule has 1 aliphatic heterocycles. The molecule has 3 rings (SSSR count). The third kappa shape index (κ3) is 3.93. The zero-order chi connectivity index (χ0) is 20.5. The smallest absolute Gasteiger partial charge is 0.267 e. The number of nitrogens with one attached hydrogen (secondary N) is 1. The number of anilines is 1. The predicted octanol–water partition coefficient (Wildman–Crippen LogP) is 3.34. The highest BCUT2D eigenvalue weighted by molar-refractivity contribution is 7.98. The maximum absolute atomic E-state index is 13.1. The highest BCUT2D eigenvalue weighted by Gasteiger charge is 2.44. The molecule has 2 aromatic rings. The molecule has 0 radical (unpaired) electrons. The van der Waals surface area contributed by atoms with Crippen molar-refractivity contribution in [1.29, 1.82) is 0 Å². The quantitative estimate of drug-likeness (QED) is 0.753. The number of amides is 2. The van der Waals surface area contributed by atoms with E-state index in [1.54, 1.807) is 12.1 Å². The van der Waals surface area contributed by atoms with Gasteiger partial charge in [0.05, 0.1) is 4.90 Å². The second-order valence-corrected chi connectivity index (χ2v) is 9.41. The van der Waals surface area contributed by atoms with Gasteiger partial charge in [-0.15, -0.1) is 11.8 Å². The van der Waals surface area contributed by atoms with Gasteiger partial charge in [0, 0.05) is 17.0 Å². The number of nitrogens with zero attached hydrogens (tertiary/aromatic N) is 1. The predicted molar refractivity (Wildman–Crippen MR) is 110 cm³/mol. The first-order valence-electron chi connectivity index (χ1n) is 8.83. The maximum Gasteiger partial charge on any atom is 0.267 e. The van der Waals surface area contributed by atoms with Crippen molar-refractivity contribution < 1.29 is 18.0 Å². The molecule has 0 spiro atoms. The number of aryl methyl sites for hydroxylation is 2. The van der Waals surface area contributed by atoms with Crippen molar-refractivity contribution in [3.05, 3.63) is 53.6 Å². The van der Waals surface area contributed by atoms with E-state index in [0.29, 0.717) is 5.69 Å². The zero-order valence-electron chi connectivity index (χ0n) is 15.9. The van der Waals surface area contributed by atoms with Gasteiger partial charge in [-0.25, -0.2) is 12.7 Å². The van der Waals surface area contributed by atoms with E-state index in [4.69, 9.17) is 0 Å². The number of benzene rings is 2. The van der Waals surface area contributed by atoms with Crippen LogP contribution in [0, 0.1) is 13.8 Å². The van der Waals surface area contributed by atoms with Crippen molar-refractivity contribution in [3.63, 3.8) is 0 Å². The average Bonchev–Trinajstić information content (AvgIpc) is 3.06. The molecule has 1 heterocycles. The van der Waals surface area contributed by atoms with Crippen LogP contribution in [0.15, 0.2) is 52.3 Å². The minimum atomic E-state index is -4.11. The van der Waals surface area contributed by atoms with Crippen LogP contribution < -0.4 is 5.32 Å². The second-order valence-electron chi connectivity index (χ2n) is 6.72. The van der Waals surface area contributed by atoms with E-state index in [2.05, 4.69) is 5.32 Å². The zero-order valence-corrected chi connectivity index (χ0v) is 17.6. The fourth-order valence-electron chi connectivity index (χ4n) is 3.11. The van der Waals surface area contributed by atoms with Crippen molar-refractivity contribution in [2.24, 2.45) is 0 Å². The monoisotopic (exact) mass is 418 g/mol. The largest absolute Gasteiger partial charge is 0.324 e. The van der Waals surface area contributed by atoms with E-state index < -0.39 is 27.9 Å². The lowest BCUT2D eigenvalue weighted by atomic mass is 10.1. The molecule has 148 valence electrons. The molecule has 0 aromatic heterocycles. The van der Waals surface area contributed by atoms with Crippen molar-refractivity contribution in [1.82, 2.24) is 4.31 Å². The molecule has 1 N–H and O–H groups in total. The summed E-state index contributed by atoms with van der Waals surface area (Å²) in [6, 6.07) is 10.9. The summed E-state index contributed by atoms with van der Waals surface area (Å²) in [4.78, 5) is 26.2. The molecule has 1 atom stereocenters. The standard InChI is InChI=1S/C20H22N2O4S2/c1-13-7-8-17(11-14(13)2)28(25,26)22-18(9-10-19(22)23)20(24)21-15-5-4-6-16(12-15)27-3/h4-8,11-12,18H,9-10H2,1-3H3,(H,21,24). The van der Waals surface area contributed by atoms with Crippen molar-refractivity contribution in [2.45, 2.75) is 42.5 Å². The van der Waals surface area contributed by atoms with Crippen LogP contribution in [-0.2, 0) is 19.6 Å². The minimum Gasteiger partial charge on any atom is -0.324 e. The topological polar surface area (TPSA) is 83.6 Å². The van der Waals surface area contributed by atoms with Crippen molar-refractivity contribution in [2.75, 3.05) is 11.6 Å². The van der Waals surface area contributed by atoms with Crippen LogP contribution in [-0.4, -0.2) is 36.8 Å². The molecule has 0 saturated carbocycles. The van der Waals surface area contributed by atoms with Gasteiger partial charge in [0.15, 0.2) is 0 Å². The summed E-state index contributed by atoms with van der Waals surface area (Å²) in [5.41, 5.74) is 2.33. The van der Waals surface area contributed by atoms with E-state index in [1.165, 1.54) is 23.9 Å². The highest BCUT2D eigenvalue weighted by Crippen LogP contribution is 2.29. The van der Waals surface area contributed by atoms with Gasteiger partial charge in [0.1, 0.15) is 6.04 Å². The third-order valence-corrected chi connectivity index (χ3v) is 7.39. The molecule has 2 aromatic carbocycles. The lowest BCUT2D eigenvalue weighted by Gasteiger charge is -2.24. The summed E-state index contributed by atoms with van der Waals surface area (Å²) in [6.07, 6.45) is 2.11. The van der Waals surface area contributed by atoms with Gasteiger partial charge in [-0.2, -0.15) is 0 Å². The van der Waals surface area contributed by atoms with Gasteiger partial charge >= 0.3 is 0 Å². The summed E-state index contributed by atoms with van der Waals surface area (Å²) in [5, 5.41) is 2.74. The number of sulfonamides is 1. The first-order chi connectivity index (χ1) is 13.2. The van der Waals surface area contributed by atoms with Crippen LogP contribution in [0.4, 0.5) is 5.69 Å². The lowest BCUT2D eigenvalue weighted by molar-refractivity contribution is -0.128. The van der Waals surface area contributed by atoms with Crippen LogP contribution >= 0.6 is 11.8 Å². The first-order valence-corrected chi connectivity index (χ1v) is 11.5. The molecule has 6 nitrogen and oxygen atoms in total. The first kappa shape index (κ1) is 20.4. The molecule has 0 aliphatic carbocycles. The number of carbonyl (C=O) groups is 2. The SMILES string of the molecule is CSc1cccc(NC(=O)C2CCC(=O)N2S(=O)(=O)c2ccc(C)c(C)c2)c1. The minimum absolute atomic E-state index is 0.0208. The summed E-state index contributed by atoms with van der Waals surface area (Å²) < 4.78 is 26.9. The fraction of sp³-hybridized carbons (Fsp3) is 0.300. The van der Waals surface area contributed by atoms with E-state index in [-0.39, 0.29) is 17.7 Å². The molecule has 1 saturated heterocycles. The molecular weight excluding hydrogens is 396 g/mol. The number of hydrogen-bond acceptors (Lipinski definition) is 5. The van der Waals surface area contributed by atoms with Gasteiger partial charge in [-0.3, -0.25) is 9.59 Å². The molecule has 0 bridgehead atoms. The van der Waals surface area contributed by atoms with Crippen LogP contribution in [0.2, 0.25) is 0 Å². The number of thioether (sulfide) groups is 1. The lowest BCUT2D eigenvalue weighted by Crippen LogP contribution is -2.45. The normalized spacial score (nSPS) is 17.0. The Morgan fingerprint density at radius 3 is 2.57 bits per heavy atom. The van der Waals surface area contributed by atoms with Gasteiger partial charge in [-0.05, 0) is 68.0 Å². The summed E-state index contributed by atoms with van der Waals surface area (Å²) in [6.45, 7) is 3.69. The maximum atomic E-state index is 13.1. The van der Waals surface area contributed by atoms with Crippen LogP contribution in [0.3, 0.4) is 0 Å². The number of rotatable bonds is 5. The molecular formula is C20H22N2O4S2. The van der Waals surface area contributed by atoms with Crippen molar-refractivity contribution >= 4 is 39.3 Å². The summed E-state index contributed by atoms with van der Waals surface area (Å²) in [7, 11) is -4.11. The molecule has 1 unspecified atom stereocenters. The Bertz CT molecular complexity index is 1030. The summed E-state index contributed by atoms with van der Waals surface area (Å²) >= 11 is 1.54. The molecule has 28 heavy (non-hydrogen) atoms. The second kappa shape index (κ2) is 7.97. The van der Waals surface area contributed by atoms with E-state index >= 15 is 0 Å². The third-order valence-electron chi connectivity index (χ3n) is 4.84. The van der Waals surface area contributed by atoms with Crippen LogP contribution in [0.25, 0.3) is 0 Å². The molecule has 8 heteroatoms. The number of hydrogen-bond donors (Lipinski definition) is 1. The van der Waals surface area contributed by atoms with Gasteiger partial charge in [0.2, 0.25) is 11.8 Å².